The summed E-state index contributed by atoms with van der Waals surface area (Å²) in [5.41, 5.74) is 0.746. The highest BCUT2D eigenvalue weighted by molar-refractivity contribution is 5.98. The lowest BCUT2D eigenvalue weighted by Crippen LogP contribution is -2.32. The molecule has 0 radical (unpaired) electrons. The molecule has 2 aromatic carbocycles. The number of carbonyl (C=O) groups is 3. The van der Waals surface area contributed by atoms with Crippen molar-refractivity contribution in [3.63, 3.8) is 0 Å². The minimum absolute atomic E-state index is 0.0104. The Morgan fingerprint density at radius 2 is 1.52 bits per heavy atom. The zero-order chi connectivity index (χ0) is 22.9. The van der Waals surface area contributed by atoms with Gasteiger partial charge in [0, 0.05) is 18.1 Å². The molecule has 5 heteroatoms. The second kappa shape index (κ2) is 11.3. The molecule has 0 aliphatic heterocycles. The van der Waals surface area contributed by atoms with Gasteiger partial charge in [-0.05, 0) is 32.3 Å². The fourth-order valence-corrected chi connectivity index (χ4v) is 2.94. The van der Waals surface area contributed by atoms with E-state index in [2.05, 4.69) is 0 Å². The largest absolute Gasteiger partial charge is 0.460 e. The first-order chi connectivity index (χ1) is 14.7. The molecule has 2 aromatic rings. The van der Waals surface area contributed by atoms with Gasteiger partial charge < -0.3 is 9.47 Å². The van der Waals surface area contributed by atoms with Crippen molar-refractivity contribution in [1.29, 1.82) is 0 Å². The SMILES string of the molecule is C[C@H](/C=C/C(=O)OCc1ccccc1)[C@H](CC(=O)c1ccccc1)C(=O)OC(C)(C)C. The van der Waals surface area contributed by atoms with Crippen LogP contribution in [0.15, 0.2) is 72.8 Å². The quantitative estimate of drug-likeness (QED) is 0.317. The molecule has 0 N–H and O–H groups in total. The first kappa shape index (κ1) is 24.1. The summed E-state index contributed by atoms with van der Waals surface area (Å²) in [6.45, 7) is 7.29. The predicted octanol–water partition coefficient (Wildman–Crippen LogP) is 5.15. The third-order valence-electron chi connectivity index (χ3n) is 4.61. The normalized spacial score (nSPS) is 13.4. The van der Waals surface area contributed by atoms with E-state index >= 15 is 0 Å². The van der Waals surface area contributed by atoms with Crippen molar-refractivity contribution in [2.45, 2.75) is 46.3 Å². The lowest BCUT2D eigenvalue weighted by molar-refractivity contribution is -0.161. The van der Waals surface area contributed by atoms with Crippen molar-refractivity contribution >= 4 is 17.7 Å². The van der Waals surface area contributed by atoms with Crippen LogP contribution >= 0.6 is 0 Å². The van der Waals surface area contributed by atoms with E-state index in [0.29, 0.717) is 5.56 Å². The Bertz CT molecular complexity index is 894. The minimum Gasteiger partial charge on any atom is -0.460 e. The van der Waals surface area contributed by atoms with Crippen molar-refractivity contribution in [2.75, 3.05) is 0 Å². The van der Waals surface area contributed by atoms with E-state index in [1.807, 2.05) is 36.4 Å². The number of esters is 2. The van der Waals surface area contributed by atoms with Crippen LogP contribution in [0.3, 0.4) is 0 Å². The van der Waals surface area contributed by atoms with Crippen molar-refractivity contribution < 1.29 is 23.9 Å². The molecule has 0 bridgehead atoms. The van der Waals surface area contributed by atoms with Crippen molar-refractivity contribution in [1.82, 2.24) is 0 Å². The topological polar surface area (TPSA) is 69.7 Å². The van der Waals surface area contributed by atoms with Gasteiger partial charge in [0.25, 0.3) is 0 Å². The van der Waals surface area contributed by atoms with Crippen LogP contribution in [0.2, 0.25) is 0 Å². The summed E-state index contributed by atoms with van der Waals surface area (Å²) < 4.78 is 10.8. The molecule has 5 nitrogen and oxygen atoms in total. The lowest BCUT2D eigenvalue weighted by atomic mass is 9.87. The Morgan fingerprint density at radius 3 is 2.10 bits per heavy atom. The van der Waals surface area contributed by atoms with Gasteiger partial charge in [-0.2, -0.15) is 0 Å². The molecular formula is C26H30O5. The standard InChI is InChI=1S/C26H30O5/c1-19(15-16-24(28)30-18-20-11-7-5-8-12-20)22(25(29)31-26(2,3)4)17-23(27)21-13-9-6-10-14-21/h5-16,19,22H,17-18H2,1-4H3/b16-15+/t19-,22+/m1/s1. The molecule has 0 aliphatic rings. The monoisotopic (exact) mass is 422 g/mol. The fourth-order valence-electron chi connectivity index (χ4n) is 2.94. The summed E-state index contributed by atoms with van der Waals surface area (Å²) in [6.07, 6.45) is 2.89. The van der Waals surface area contributed by atoms with Crippen LogP contribution in [0.25, 0.3) is 0 Å². The number of ether oxygens (including phenoxy) is 2. The Hall–Kier alpha value is -3.21. The van der Waals surface area contributed by atoms with Gasteiger partial charge in [0.15, 0.2) is 5.78 Å². The molecule has 0 aliphatic carbocycles. The number of carbonyl (C=O) groups excluding carboxylic acids is 3. The van der Waals surface area contributed by atoms with Gasteiger partial charge in [-0.3, -0.25) is 9.59 Å². The van der Waals surface area contributed by atoms with Gasteiger partial charge >= 0.3 is 11.9 Å². The fraction of sp³-hybridized carbons (Fsp3) is 0.346. The molecule has 0 amide bonds. The van der Waals surface area contributed by atoms with Crippen LogP contribution in [0.4, 0.5) is 0 Å². The van der Waals surface area contributed by atoms with Crippen molar-refractivity contribution in [3.8, 4) is 0 Å². The molecule has 0 aromatic heterocycles. The van der Waals surface area contributed by atoms with Gasteiger partial charge in [0.1, 0.15) is 12.2 Å². The van der Waals surface area contributed by atoms with Gasteiger partial charge in [-0.1, -0.05) is 73.7 Å². The summed E-state index contributed by atoms with van der Waals surface area (Å²) in [7, 11) is 0. The molecule has 0 saturated heterocycles. The maximum atomic E-state index is 12.8. The first-order valence-electron chi connectivity index (χ1n) is 10.4. The molecule has 0 fully saturated rings. The molecule has 164 valence electrons. The first-order valence-corrected chi connectivity index (χ1v) is 10.4. The average molecular weight is 423 g/mol. The van der Waals surface area contributed by atoms with Crippen LogP contribution in [0, 0.1) is 11.8 Å². The van der Waals surface area contributed by atoms with E-state index in [-0.39, 0.29) is 18.8 Å². The number of Topliss-reactive ketones (excluding diaryl/α,β-unsaturated/α-hetero) is 1. The summed E-state index contributed by atoms with van der Waals surface area (Å²) in [5, 5.41) is 0. The second-order valence-electron chi connectivity index (χ2n) is 8.44. The Morgan fingerprint density at radius 1 is 0.935 bits per heavy atom. The highest BCUT2D eigenvalue weighted by Crippen LogP contribution is 2.24. The smallest absolute Gasteiger partial charge is 0.330 e. The van der Waals surface area contributed by atoms with E-state index < -0.39 is 29.4 Å². The Labute approximate surface area is 184 Å². The van der Waals surface area contributed by atoms with Crippen LogP contribution in [0.5, 0.6) is 0 Å². The third kappa shape index (κ3) is 8.59. The number of hydrogen-bond donors (Lipinski definition) is 0. The Kier molecular flexibility index (Phi) is 8.74. The summed E-state index contributed by atoms with van der Waals surface area (Å²) >= 11 is 0. The minimum atomic E-state index is -0.717. The second-order valence-corrected chi connectivity index (χ2v) is 8.44. The molecule has 0 unspecified atom stereocenters. The number of rotatable bonds is 9. The van der Waals surface area contributed by atoms with Crippen LogP contribution in [-0.4, -0.2) is 23.3 Å². The molecule has 0 heterocycles. The van der Waals surface area contributed by atoms with Crippen molar-refractivity contribution in [3.05, 3.63) is 83.9 Å². The van der Waals surface area contributed by atoms with Gasteiger partial charge in [0.05, 0.1) is 5.92 Å². The molecule has 2 rings (SSSR count). The number of allylic oxidation sites excluding steroid dienone is 1. The Balaban J connectivity index is 2.06. The number of benzene rings is 2. The summed E-state index contributed by atoms with van der Waals surface area (Å²) in [5.74, 6) is -2.24. The van der Waals surface area contributed by atoms with E-state index in [0.717, 1.165) is 5.56 Å². The van der Waals surface area contributed by atoms with Gasteiger partial charge in [-0.25, -0.2) is 4.79 Å². The zero-order valence-corrected chi connectivity index (χ0v) is 18.5. The lowest BCUT2D eigenvalue weighted by Gasteiger charge is -2.26. The highest BCUT2D eigenvalue weighted by Gasteiger charge is 2.31. The molecule has 0 saturated carbocycles. The third-order valence-corrected chi connectivity index (χ3v) is 4.61. The van der Waals surface area contributed by atoms with E-state index in [4.69, 9.17) is 9.47 Å². The van der Waals surface area contributed by atoms with Crippen LogP contribution < -0.4 is 0 Å². The van der Waals surface area contributed by atoms with Gasteiger partial charge in [-0.15, -0.1) is 0 Å². The summed E-state index contributed by atoms with van der Waals surface area (Å²) in [6, 6.07) is 18.2. The maximum Gasteiger partial charge on any atom is 0.330 e. The van der Waals surface area contributed by atoms with Crippen LogP contribution in [0.1, 0.15) is 50.0 Å². The number of ketones is 1. The molecule has 31 heavy (non-hydrogen) atoms. The van der Waals surface area contributed by atoms with E-state index in [1.165, 1.54) is 6.08 Å². The zero-order valence-electron chi connectivity index (χ0n) is 18.5. The van der Waals surface area contributed by atoms with Crippen LogP contribution in [-0.2, 0) is 25.7 Å². The number of hydrogen-bond acceptors (Lipinski definition) is 5. The van der Waals surface area contributed by atoms with Crippen molar-refractivity contribution in [2.24, 2.45) is 11.8 Å². The molecule has 0 spiro atoms. The molecule has 2 atom stereocenters. The van der Waals surface area contributed by atoms with E-state index in [9.17, 15) is 14.4 Å². The predicted molar refractivity (Wildman–Crippen MR) is 119 cm³/mol. The van der Waals surface area contributed by atoms with Gasteiger partial charge in [0.2, 0.25) is 0 Å². The highest BCUT2D eigenvalue weighted by atomic mass is 16.6. The van der Waals surface area contributed by atoms with E-state index in [1.54, 1.807) is 58.0 Å². The maximum absolute atomic E-state index is 12.8. The summed E-state index contributed by atoms with van der Waals surface area (Å²) in [4.78, 5) is 37.6. The molecular weight excluding hydrogens is 392 g/mol. The average Bonchev–Trinajstić information content (AvgIpc) is 2.74.